The number of imidazole rings is 1. The summed E-state index contributed by atoms with van der Waals surface area (Å²) < 4.78 is 13.7. The van der Waals surface area contributed by atoms with Crippen LogP contribution in [0.1, 0.15) is 0 Å². The lowest BCUT2D eigenvalue weighted by molar-refractivity contribution is 0.512. The van der Waals surface area contributed by atoms with E-state index in [2.05, 4.69) is 15.3 Å². The zero-order valence-corrected chi connectivity index (χ0v) is 7.44. The van der Waals surface area contributed by atoms with Crippen LogP contribution in [0, 0.1) is 0 Å². The Morgan fingerprint density at radius 3 is 3.21 bits per heavy atom. The second-order valence-corrected chi connectivity index (χ2v) is 2.79. The van der Waals surface area contributed by atoms with Gasteiger partial charge in [0.2, 0.25) is 0 Å². The topological polar surface area (TPSA) is 68.2 Å². The summed E-state index contributed by atoms with van der Waals surface area (Å²) in [5.41, 5.74) is 6.21. The number of hydrogen-bond donors (Lipinski definition) is 2. The smallest absolute Gasteiger partial charge is 0.180 e. The van der Waals surface area contributed by atoms with Gasteiger partial charge in [-0.3, -0.25) is 0 Å². The second-order valence-electron chi connectivity index (χ2n) is 2.79. The summed E-state index contributed by atoms with van der Waals surface area (Å²) in [5, 5.41) is 2.81. The van der Waals surface area contributed by atoms with Crippen LogP contribution in [0.15, 0.2) is 18.6 Å². The van der Waals surface area contributed by atoms with Crippen LogP contribution in [0.5, 0.6) is 0 Å². The molecule has 0 unspecified atom stereocenters. The minimum atomic E-state index is -0.455. The number of fused-ring (bicyclic) bond motifs is 1. The van der Waals surface area contributed by atoms with Crippen molar-refractivity contribution in [3.63, 3.8) is 0 Å². The highest BCUT2D eigenvalue weighted by molar-refractivity contribution is 5.64. The van der Waals surface area contributed by atoms with E-state index in [1.54, 1.807) is 23.0 Å². The third kappa shape index (κ3) is 1.46. The summed E-state index contributed by atoms with van der Waals surface area (Å²) >= 11 is 0. The molecule has 2 rings (SSSR count). The van der Waals surface area contributed by atoms with Gasteiger partial charge in [0.25, 0.3) is 0 Å². The van der Waals surface area contributed by atoms with Gasteiger partial charge < -0.3 is 15.5 Å². The van der Waals surface area contributed by atoms with Gasteiger partial charge in [0.05, 0.1) is 6.20 Å². The number of nitrogen functional groups attached to an aromatic ring is 1. The van der Waals surface area contributed by atoms with Crippen molar-refractivity contribution in [2.24, 2.45) is 0 Å². The van der Waals surface area contributed by atoms with Gasteiger partial charge in [-0.1, -0.05) is 0 Å². The number of alkyl halides is 1. The van der Waals surface area contributed by atoms with Crippen LogP contribution >= 0.6 is 0 Å². The molecular weight excluding hydrogens is 185 g/mol. The number of halogens is 1. The van der Waals surface area contributed by atoms with Crippen LogP contribution < -0.4 is 11.1 Å². The number of nitrogens with zero attached hydrogens (tertiary/aromatic N) is 3. The molecule has 0 atom stereocenters. The molecule has 5 nitrogen and oxygen atoms in total. The Balaban J connectivity index is 2.44. The molecule has 0 fully saturated rings. The molecule has 74 valence electrons. The molecule has 0 aliphatic carbocycles. The fourth-order valence-corrected chi connectivity index (χ4v) is 1.24. The molecule has 0 spiro atoms. The molecule has 0 amide bonds. The zero-order valence-electron chi connectivity index (χ0n) is 7.44. The Kier molecular flexibility index (Phi) is 2.18. The quantitative estimate of drug-likeness (QED) is 0.756. The zero-order chi connectivity index (χ0) is 9.97. The van der Waals surface area contributed by atoms with E-state index in [1.165, 1.54) is 0 Å². The molecule has 0 aliphatic rings. The van der Waals surface area contributed by atoms with Crippen LogP contribution in [-0.2, 0) is 0 Å². The molecule has 3 N–H and O–H groups in total. The fraction of sp³-hybridized carbons (Fsp3) is 0.250. The minimum absolute atomic E-state index is 0.207. The molecule has 0 aromatic carbocycles. The van der Waals surface area contributed by atoms with E-state index >= 15 is 0 Å². The third-order valence-electron chi connectivity index (χ3n) is 1.78. The largest absolute Gasteiger partial charge is 0.382 e. The highest BCUT2D eigenvalue weighted by Gasteiger charge is 2.04. The lowest BCUT2D eigenvalue weighted by atomic mass is 10.5. The van der Waals surface area contributed by atoms with Gasteiger partial charge in [-0.15, -0.1) is 0 Å². The Labute approximate surface area is 79.8 Å². The maximum absolute atomic E-state index is 12.0. The summed E-state index contributed by atoms with van der Waals surface area (Å²) in [6, 6.07) is 0. The Bertz CT molecular complexity index is 438. The van der Waals surface area contributed by atoms with Crippen molar-refractivity contribution >= 4 is 17.3 Å². The SMILES string of the molecule is Nc1cn2ccnc2c(NCCF)n1. The molecule has 0 radical (unpaired) electrons. The number of nitrogens with two attached hydrogens (primary N) is 1. The average Bonchev–Trinajstić information content (AvgIpc) is 2.61. The van der Waals surface area contributed by atoms with Crippen LogP contribution in [-0.4, -0.2) is 27.6 Å². The van der Waals surface area contributed by atoms with Crippen LogP contribution in [0.4, 0.5) is 16.0 Å². The molecule has 0 saturated carbocycles. The van der Waals surface area contributed by atoms with Gasteiger partial charge in [-0.05, 0) is 0 Å². The summed E-state index contributed by atoms with van der Waals surface area (Å²) in [7, 11) is 0. The van der Waals surface area contributed by atoms with E-state index in [0.29, 0.717) is 17.3 Å². The molecule has 6 heteroatoms. The average molecular weight is 195 g/mol. The Morgan fingerprint density at radius 2 is 2.43 bits per heavy atom. The fourth-order valence-electron chi connectivity index (χ4n) is 1.24. The van der Waals surface area contributed by atoms with Crippen molar-refractivity contribution in [1.82, 2.24) is 14.4 Å². The monoisotopic (exact) mass is 195 g/mol. The predicted molar refractivity (Wildman–Crippen MR) is 51.9 cm³/mol. The van der Waals surface area contributed by atoms with Crippen molar-refractivity contribution < 1.29 is 4.39 Å². The first-order valence-corrected chi connectivity index (χ1v) is 4.20. The molecule has 0 saturated heterocycles. The number of anilines is 2. The molecular formula is C8H10FN5. The maximum Gasteiger partial charge on any atom is 0.180 e. The standard InChI is InChI=1S/C8H10FN5/c9-1-2-11-7-8-12-3-4-14(8)5-6(10)13-7/h3-5H,1-2,10H2,(H,11,13). The molecule has 14 heavy (non-hydrogen) atoms. The number of nitrogens with one attached hydrogen (secondary N) is 1. The number of rotatable bonds is 3. The first kappa shape index (κ1) is 8.74. The van der Waals surface area contributed by atoms with E-state index in [-0.39, 0.29) is 6.54 Å². The first-order chi connectivity index (χ1) is 6.81. The van der Waals surface area contributed by atoms with Gasteiger partial charge in [-0.25, -0.2) is 14.4 Å². The molecule has 0 bridgehead atoms. The van der Waals surface area contributed by atoms with Gasteiger partial charge in [0.1, 0.15) is 12.5 Å². The summed E-state index contributed by atoms with van der Waals surface area (Å²) in [5.74, 6) is 0.879. The van der Waals surface area contributed by atoms with E-state index in [4.69, 9.17) is 5.73 Å². The highest BCUT2D eigenvalue weighted by Crippen LogP contribution is 2.13. The van der Waals surface area contributed by atoms with Crippen molar-refractivity contribution in [1.29, 1.82) is 0 Å². The van der Waals surface area contributed by atoms with Crippen LogP contribution in [0.25, 0.3) is 5.65 Å². The van der Waals surface area contributed by atoms with Gasteiger partial charge in [0.15, 0.2) is 11.5 Å². The minimum Gasteiger partial charge on any atom is -0.382 e. The van der Waals surface area contributed by atoms with Crippen molar-refractivity contribution in [3.05, 3.63) is 18.6 Å². The van der Waals surface area contributed by atoms with E-state index in [0.717, 1.165) is 0 Å². The van der Waals surface area contributed by atoms with Crippen LogP contribution in [0.2, 0.25) is 0 Å². The van der Waals surface area contributed by atoms with Crippen molar-refractivity contribution in [3.8, 4) is 0 Å². The summed E-state index contributed by atoms with van der Waals surface area (Å²) in [6.45, 7) is -0.248. The first-order valence-electron chi connectivity index (χ1n) is 4.20. The Morgan fingerprint density at radius 1 is 1.57 bits per heavy atom. The van der Waals surface area contributed by atoms with Crippen LogP contribution in [0.3, 0.4) is 0 Å². The number of aromatic nitrogens is 3. The van der Waals surface area contributed by atoms with Crippen molar-refractivity contribution in [2.45, 2.75) is 0 Å². The molecule has 2 aromatic rings. The normalized spacial score (nSPS) is 10.6. The van der Waals surface area contributed by atoms with E-state index in [1.807, 2.05) is 0 Å². The summed E-state index contributed by atoms with van der Waals surface area (Å²) in [6.07, 6.45) is 5.05. The molecule has 0 aliphatic heterocycles. The molecule has 2 aromatic heterocycles. The third-order valence-corrected chi connectivity index (χ3v) is 1.78. The van der Waals surface area contributed by atoms with E-state index < -0.39 is 6.67 Å². The van der Waals surface area contributed by atoms with Crippen molar-refractivity contribution in [2.75, 3.05) is 24.3 Å². The predicted octanol–water partition coefficient (Wildman–Crippen LogP) is 0.693. The highest BCUT2D eigenvalue weighted by atomic mass is 19.1. The second kappa shape index (κ2) is 3.49. The molecule has 2 heterocycles. The van der Waals surface area contributed by atoms with Gasteiger partial charge in [0, 0.05) is 18.9 Å². The van der Waals surface area contributed by atoms with Gasteiger partial charge in [-0.2, -0.15) is 0 Å². The lowest BCUT2D eigenvalue weighted by Crippen LogP contribution is -2.08. The maximum atomic E-state index is 12.0. The lowest BCUT2D eigenvalue weighted by Gasteiger charge is -2.05. The summed E-state index contributed by atoms with van der Waals surface area (Å²) in [4.78, 5) is 8.10. The van der Waals surface area contributed by atoms with Gasteiger partial charge >= 0.3 is 0 Å². The van der Waals surface area contributed by atoms with E-state index in [9.17, 15) is 4.39 Å². The number of hydrogen-bond acceptors (Lipinski definition) is 4. The Hall–Kier alpha value is -1.85.